The summed E-state index contributed by atoms with van der Waals surface area (Å²) in [6.07, 6.45) is 0. The summed E-state index contributed by atoms with van der Waals surface area (Å²) in [6.45, 7) is 2.88. The highest BCUT2D eigenvalue weighted by molar-refractivity contribution is 7.78. The lowest BCUT2D eigenvalue weighted by Gasteiger charge is -2.35. The first-order valence-corrected chi connectivity index (χ1v) is 3.16. The molecule has 0 unspecified atom stereocenters. The van der Waals surface area contributed by atoms with Gasteiger partial charge in [-0.2, -0.15) is 0 Å². The van der Waals surface area contributed by atoms with Crippen molar-refractivity contribution in [1.82, 2.24) is 4.72 Å². The Bertz CT molecular complexity index is 133. The van der Waals surface area contributed by atoms with Crippen molar-refractivity contribution in [2.45, 2.75) is 6.92 Å². The SMILES string of the molecule is CC1(C(=O)NS)COC1. The summed E-state index contributed by atoms with van der Waals surface area (Å²) >= 11 is 3.64. The highest BCUT2D eigenvalue weighted by atomic mass is 32.1. The zero-order valence-electron chi connectivity index (χ0n) is 5.18. The van der Waals surface area contributed by atoms with E-state index in [0.29, 0.717) is 13.2 Å². The molecule has 3 nitrogen and oxygen atoms in total. The van der Waals surface area contributed by atoms with Crippen LogP contribution in [0.2, 0.25) is 0 Å². The van der Waals surface area contributed by atoms with E-state index < -0.39 is 0 Å². The van der Waals surface area contributed by atoms with Crippen LogP contribution in [0.3, 0.4) is 0 Å². The van der Waals surface area contributed by atoms with Gasteiger partial charge in [0, 0.05) is 0 Å². The zero-order chi connectivity index (χ0) is 6.91. The highest BCUT2D eigenvalue weighted by Crippen LogP contribution is 2.26. The minimum absolute atomic E-state index is 0.0583. The Kier molecular flexibility index (Phi) is 1.68. The Morgan fingerprint density at radius 2 is 2.33 bits per heavy atom. The largest absolute Gasteiger partial charge is 0.379 e. The van der Waals surface area contributed by atoms with E-state index in [9.17, 15) is 4.79 Å². The second kappa shape index (κ2) is 2.19. The molecule has 0 aliphatic carbocycles. The number of nitrogens with one attached hydrogen (secondary N) is 1. The van der Waals surface area contributed by atoms with E-state index in [1.807, 2.05) is 6.92 Å². The van der Waals surface area contributed by atoms with Crippen LogP contribution in [-0.4, -0.2) is 19.1 Å². The van der Waals surface area contributed by atoms with Gasteiger partial charge in [0.05, 0.1) is 18.6 Å². The van der Waals surface area contributed by atoms with Gasteiger partial charge in [-0.25, -0.2) is 0 Å². The maximum Gasteiger partial charge on any atom is 0.240 e. The van der Waals surface area contributed by atoms with Gasteiger partial charge in [-0.1, -0.05) is 12.8 Å². The first-order chi connectivity index (χ1) is 4.19. The molecule has 0 aromatic heterocycles. The molecule has 1 heterocycles. The Labute approximate surface area is 59.3 Å². The maximum absolute atomic E-state index is 10.8. The average Bonchev–Trinajstić information content (AvgIpc) is 1.81. The quantitative estimate of drug-likeness (QED) is 0.512. The molecule has 9 heavy (non-hydrogen) atoms. The van der Waals surface area contributed by atoms with Gasteiger partial charge in [0.2, 0.25) is 5.91 Å². The summed E-state index contributed by atoms with van der Waals surface area (Å²) in [5.41, 5.74) is -0.318. The van der Waals surface area contributed by atoms with Crippen LogP contribution in [0.25, 0.3) is 0 Å². The van der Waals surface area contributed by atoms with Crippen molar-refractivity contribution in [3.63, 3.8) is 0 Å². The van der Waals surface area contributed by atoms with Crippen LogP contribution in [0, 0.1) is 5.41 Å². The van der Waals surface area contributed by atoms with Crippen LogP contribution >= 0.6 is 12.8 Å². The van der Waals surface area contributed by atoms with Gasteiger partial charge in [0.1, 0.15) is 0 Å². The lowest BCUT2D eigenvalue weighted by atomic mass is 9.88. The molecule has 1 aliphatic rings. The van der Waals surface area contributed by atoms with E-state index in [1.165, 1.54) is 0 Å². The molecule has 0 spiro atoms. The number of hydrogen-bond donors (Lipinski definition) is 2. The third kappa shape index (κ3) is 1.04. The molecule has 1 N–H and O–H groups in total. The molecule has 0 radical (unpaired) electrons. The number of amides is 1. The number of carbonyl (C=O) groups excluding carboxylic acids is 1. The number of thiol groups is 1. The molecule has 52 valence electrons. The molecular formula is C5H9NO2S. The van der Waals surface area contributed by atoms with Crippen LogP contribution in [0.1, 0.15) is 6.92 Å². The smallest absolute Gasteiger partial charge is 0.240 e. The molecule has 1 saturated heterocycles. The third-order valence-electron chi connectivity index (χ3n) is 1.49. The Balaban J connectivity index is 2.49. The summed E-state index contributed by atoms with van der Waals surface area (Å²) in [5.74, 6) is -0.0583. The Hall–Kier alpha value is -0.220. The molecule has 0 saturated carbocycles. The monoisotopic (exact) mass is 147 g/mol. The minimum atomic E-state index is -0.318. The Morgan fingerprint density at radius 3 is 2.44 bits per heavy atom. The summed E-state index contributed by atoms with van der Waals surface area (Å²) in [7, 11) is 0. The molecule has 0 bridgehead atoms. The second-order valence-electron chi connectivity index (χ2n) is 2.49. The van der Waals surface area contributed by atoms with Crippen molar-refractivity contribution >= 4 is 18.7 Å². The molecular weight excluding hydrogens is 138 g/mol. The lowest BCUT2D eigenvalue weighted by Crippen LogP contribution is -2.49. The number of ether oxygens (including phenoxy) is 1. The van der Waals surface area contributed by atoms with Crippen LogP contribution in [0.4, 0.5) is 0 Å². The van der Waals surface area contributed by atoms with E-state index in [1.54, 1.807) is 0 Å². The molecule has 1 amide bonds. The fraction of sp³-hybridized carbons (Fsp3) is 0.800. The predicted octanol–water partition coefficient (Wildman–Crippen LogP) is -0.0161. The van der Waals surface area contributed by atoms with Gasteiger partial charge in [0.25, 0.3) is 0 Å². The third-order valence-corrected chi connectivity index (χ3v) is 1.69. The first kappa shape index (κ1) is 6.89. The van der Waals surface area contributed by atoms with Crippen molar-refractivity contribution in [1.29, 1.82) is 0 Å². The summed E-state index contributed by atoms with van der Waals surface area (Å²) in [6, 6.07) is 0. The predicted molar refractivity (Wildman–Crippen MR) is 36.1 cm³/mol. The van der Waals surface area contributed by atoms with Crippen LogP contribution in [-0.2, 0) is 9.53 Å². The van der Waals surface area contributed by atoms with Gasteiger partial charge in [-0.05, 0) is 6.92 Å². The molecule has 0 atom stereocenters. The van der Waals surface area contributed by atoms with Crippen molar-refractivity contribution in [3.8, 4) is 0 Å². The van der Waals surface area contributed by atoms with Crippen LogP contribution < -0.4 is 4.72 Å². The molecule has 1 fully saturated rings. The molecule has 1 rings (SSSR count). The lowest BCUT2D eigenvalue weighted by molar-refractivity contribution is -0.155. The molecule has 0 aromatic rings. The summed E-state index contributed by atoms with van der Waals surface area (Å²) in [5, 5.41) is 0. The van der Waals surface area contributed by atoms with Crippen molar-refractivity contribution < 1.29 is 9.53 Å². The first-order valence-electron chi connectivity index (χ1n) is 2.71. The highest BCUT2D eigenvalue weighted by Gasteiger charge is 2.40. The zero-order valence-corrected chi connectivity index (χ0v) is 6.07. The Morgan fingerprint density at radius 1 is 1.78 bits per heavy atom. The van der Waals surface area contributed by atoms with E-state index >= 15 is 0 Å². The van der Waals surface area contributed by atoms with Gasteiger partial charge in [-0.15, -0.1) is 0 Å². The normalized spacial score (nSPS) is 22.4. The fourth-order valence-corrected chi connectivity index (χ4v) is 0.944. The topological polar surface area (TPSA) is 38.3 Å². The number of hydrogen-bond acceptors (Lipinski definition) is 3. The van der Waals surface area contributed by atoms with Crippen molar-refractivity contribution in [2.75, 3.05) is 13.2 Å². The van der Waals surface area contributed by atoms with E-state index in [-0.39, 0.29) is 11.3 Å². The fourth-order valence-electron chi connectivity index (χ4n) is 0.674. The van der Waals surface area contributed by atoms with Crippen LogP contribution in [0.5, 0.6) is 0 Å². The molecule has 0 aromatic carbocycles. The average molecular weight is 147 g/mol. The van der Waals surface area contributed by atoms with Crippen LogP contribution in [0.15, 0.2) is 0 Å². The van der Waals surface area contributed by atoms with E-state index in [2.05, 4.69) is 17.5 Å². The van der Waals surface area contributed by atoms with E-state index in [4.69, 9.17) is 4.74 Å². The maximum atomic E-state index is 10.8. The summed E-state index contributed by atoms with van der Waals surface area (Å²) in [4.78, 5) is 10.8. The minimum Gasteiger partial charge on any atom is -0.379 e. The van der Waals surface area contributed by atoms with Gasteiger partial charge in [-0.3, -0.25) is 4.79 Å². The second-order valence-corrected chi connectivity index (χ2v) is 2.72. The van der Waals surface area contributed by atoms with Gasteiger partial charge < -0.3 is 9.46 Å². The number of rotatable bonds is 1. The molecule has 4 heteroatoms. The van der Waals surface area contributed by atoms with Crippen molar-refractivity contribution in [2.24, 2.45) is 5.41 Å². The standard InChI is InChI=1S/C5H9NO2S/c1-5(2-8-3-5)4(7)6-9/h9H,2-3H2,1H3,(H,6,7). The molecule has 1 aliphatic heterocycles. The van der Waals surface area contributed by atoms with E-state index in [0.717, 1.165) is 0 Å². The summed E-state index contributed by atoms with van der Waals surface area (Å²) < 4.78 is 7.15. The van der Waals surface area contributed by atoms with Gasteiger partial charge in [0.15, 0.2) is 0 Å². The van der Waals surface area contributed by atoms with Gasteiger partial charge >= 0.3 is 0 Å². The number of carbonyl (C=O) groups is 1. The van der Waals surface area contributed by atoms with Crippen molar-refractivity contribution in [3.05, 3.63) is 0 Å².